The van der Waals surface area contributed by atoms with Crippen LogP contribution in [0.15, 0.2) is 45.6 Å². The second-order valence-electron chi connectivity index (χ2n) is 6.43. The Kier molecular flexibility index (Phi) is 5.42. The highest BCUT2D eigenvalue weighted by Gasteiger charge is 2.32. The summed E-state index contributed by atoms with van der Waals surface area (Å²) >= 11 is 5.50. The predicted octanol–water partition coefficient (Wildman–Crippen LogP) is 3.18. The molecule has 0 radical (unpaired) electrons. The Hall–Kier alpha value is -2.47. The number of rotatable bonds is 3. The van der Waals surface area contributed by atoms with Crippen molar-refractivity contribution in [2.75, 3.05) is 5.88 Å². The molecule has 0 spiro atoms. The molecule has 6 nitrogen and oxygen atoms in total. The molecule has 1 N–H and O–H groups in total. The van der Waals surface area contributed by atoms with Crippen molar-refractivity contribution in [1.82, 2.24) is 0 Å². The number of amides is 1. The van der Waals surface area contributed by atoms with Crippen LogP contribution in [0.3, 0.4) is 0 Å². The van der Waals surface area contributed by atoms with Crippen LogP contribution in [0.25, 0.3) is 0 Å². The number of fused-ring (bicyclic) bond motifs is 1. The third-order valence-corrected chi connectivity index (χ3v) is 3.42. The number of aliphatic imine (C=N–C) groups is 2. The average Bonchev–Trinajstić information content (AvgIpc) is 2.84. The molecule has 1 aliphatic rings. The number of hydrogen-bond donors (Lipinski definition) is 1. The number of halogens is 1. The fourth-order valence-corrected chi connectivity index (χ4v) is 2.34. The van der Waals surface area contributed by atoms with Crippen molar-refractivity contribution in [2.24, 2.45) is 9.98 Å². The lowest BCUT2D eigenvalue weighted by molar-refractivity contribution is -0.149. The minimum absolute atomic E-state index is 0.0640. The quantitative estimate of drug-likeness (QED) is 0.387. The molecule has 0 saturated heterocycles. The zero-order valence-corrected chi connectivity index (χ0v) is 15.2. The lowest BCUT2D eigenvalue weighted by atomic mass is 9.99. The van der Waals surface area contributed by atoms with Crippen LogP contribution in [0.1, 0.15) is 38.8 Å². The SMILES string of the molecule is CC(O)=C(C(=O)OC(C)(C)C)C1=NC(=NC(=O)CCl)c2ccccc21. The van der Waals surface area contributed by atoms with Crippen molar-refractivity contribution in [1.29, 1.82) is 0 Å². The molecule has 0 bridgehead atoms. The Morgan fingerprint density at radius 2 is 1.84 bits per heavy atom. The standard InChI is InChI=1S/C18H19ClN2O4/c1-10(22)14(17(24)25-18(2,3)4)15-11-7-5-6-8-12(11)16(21-15)20-13(23)9-19/h5-8,22H,9H2,1-4H3. The van der Waals surface area contributed by atoms with E-state index in [1.165, 1.54) is 6.92 Å². The highest BCUT2D eigenvalue weighted by atomic mass is 35.5. The van der Waals surface area contributed by atoms with E-state index in [9.17, 15) is 14.7 Å². The molecule has 1 aliphatic heterocycles. The number of carbonyl (C=O) groups excluding carboxylic acids is 2. The van der Waals surface area contributed by atoms with Crippen LogP contribution in [0.5, 0.6) is 0 Å². The molecule has 2 rings (SSSR count). The Labute approximate surface area is 150 Å². The maximum absolute atomic E-state index is 12.5. The predicted molar refractivity (Wildman–Crippen MR) is 96.4 cm³/mol. The highest BCUT2D eigenvalue weighted by molar-refractivity contribution is 6.37. The largest absolute Gasteiger partial charge is 0.512 e. The first-order valence-corrected chi connectivity index (χ1v) is 8.17. The Morgan fingerprint density at radius 1 is 1.24 bits per heavy atom. The number of nitrogens with zero attached hydrogens (tertiary/aromatic N) is 2. The van der Waals surface area contributed by atoms with Crippen LogP contribution in [-0.4, -0.2) is 40.0 Å². The summed E-state index contributed by atoms with van der Waals surface area (Å²) in [6, 6.07) is 6.99. The van der Waals surface area contributed by atoms with Crippen LogP contribution in [0.4, 0.5) is 0 Å². The van der Waals surface area contributed by atoms with Gasteiger partial charge in [-0.25, -0.2) is 9.79 Å². The van der Waals surface area contributed by atoms with E-state index < -0.39 is 17.5 Å². The van der Waals surface area contributed by atoms with Gasteiger partial charge in [0.2, 0.25) is 0 Å². The van der Waals surface area contributed by atoms with Crippen molar-refractivity contribution in [2.45, 2.75) is 33.3 Å². The number of aliphatic hydroxyl groups excluding tert-OH is 1. The number of ether oxygens (including phenoxy) is 1. The van der Waals surface area contributed by atoms with Gasteiger partial charge in [-0.2, -0.15) is 4.99 Å². The molecule has 0 unspecified atom stereocenters. The van der Waals surface area contributed by atoms with Crippen LogP contribution in [-0.2, 0) is 14.3 Å². The minimum Gasteiger partial charge on any atom is -0.512 e. The van der Waals surface area contributed by atoms with E-state index >= 15 is 0 Å². The highest BCUT2D eigenvalue weighted by Crippen LogP contribution is 2.26. The molecular formula is C18H19ClN2O4. The molecule has 25 heavy (non-hydrogen) atoms. The Morgan fingerprint density at radius 3 is 2.36 bits per heavy atom. The van der Waals surface area contributed by atoms with Crippen molar-refractivity contribution in [3.63, 3.8) is 0 Å². The molecule has 0 aliphatic carbocycles. The van der Waals surface area contributed by atoms with E-state index in [0.717, 1.165) is 0 Å². The fraction of sp³-hybridized carbons (Fsp3) is 0.333. The first-order valence-electron chi connectivity index (χ1n) is 7.63. The van der Waals surface area contributed by atoms with E-state index in [0.29, 0.717) is 11.1 Å². The molecule has 7 heteroatoms. The molecule has 1 aromatic rings. The zero-order chi connectivity index (χ0) is 18.8. The van der Waals surface area contributed by atoms with Gasteiger partial charge in [-0.3, -0.25) is 4.79 Å². The average molecular weight is 363 g/mol. The number of allylic oxidation sites excluding steroid dienone is 1. The van der Waals surface area contributed by atoms with Gasteiger partial charge in [-0.05, 0) is 27.7 Å². The zero-order valence-electron chi connectivity index (χ0n) is 14.5. The molecule has 0 fully saturated rings. The molecule has 1 heterocycles. The summed E-state index contributed by atoms with van der Waals surface area (Å²) < 4.78 is 5.36. The summed E-state index contributed by atoms with van der Waals surface area (Å²) in [5, 5.41) is 10.0. The number of hydrogen-bond acceptors (Lipinski definition) is 4. The van der Waals surface area contributed by atoms with Crippen LogP contribution in [0, 0.1) is 0 Å². The minimum atomic E-state index is -0.734. The van der Waals surface area contributed by atoms with Crippen LogP contribution < -0.4 is 0 Å². The van der Waals surface area contributed by atoms with Crippen LogP contribution in [0.2, 0.25) is 0 Å². The van der Waals surface area contributed by atoms with E-state index in [2.05, 4.69) is 9.98 Å². The van der Waals surface area contributed by atoms with E-state index in [-0.39, 0.29) is 28.8 Å². The van der Waals surface area contributed by atoms with Crippen molar-refractivity contribution in [3.8, 4) is 0 Å². The van der Waals surface area contributed by atoms with Gasteiger partial charge in [0.15, 0.2) is 5.84 Å². The summed E-state index contributed by atoms with van der Waals surface area (Å²) in [5.41, 5.74) is 0.579. The second kappa shape index (κ2) is 7.19. The van der Waals surface area contributed by atoms with Crippen LogP contribution >= 0.6 is 11.6 Å². The molecule has 0 aromatic heterocycles. The third-order valence-electron chi connectivity index (χ3n) is 3.19. The maximum atomic E-state index is 12.5. The van der Waals surface area contributed by atoms with Gasteiger partial charge >= 0.3 is 5.97 Å². The molecule has 1 aromatic carbocycles. The maximum Gasteiger partial charge on any atom is 0.344 e. The van der Waals surface area contributed by atoms with Gasteiger partial charge in [0.25, 0.3) is 5.91 Å². The normalized spacial score (nSPS) is 16.2. The topological polar surface area (TPSA) is 88.3 Å². The molecular weight excluding hydrogens is 344 g/mol. The Balaban J connectivity index is 2.57. The fourth-order valence-electron chi connectivity index (χ4n) is 2.28. The monoisotopic (exact) mass is 362 g/mol. The van der Waals surface area contributed by atoms with Gasteiger partial charge in [0, 0.05) is 11.1 Å². The number of amidine groups is 1. The van der Waals surface area contributed by atoms with Gasteiger partial charge in [0.1, 0.15) is 22.8 Å². The molecule has 132 valence electrons. The summed E-state index contributed by atoms with van der Waals surface area (Å²) in [6.45, 7) is 6.56. The number of alkyl halides is 1. The number of benzene rings is 1. The van der Waals surface area contributed by atoms with E-state index in [1.807, 2.05) is 0 Å². The van der Waals surface area contributed by atoms with E-state index in [4.69, 9.17) is 16.3 Å². The lowest BCUT2D eigenvalue weighted by Gasteiger charge is -2.21. The van der Waals surface area contributed by atoms with Crippen molar-refractivity contribution in [3.05, 3.63) is 46.7 Å². The summed E-state index contributed by atoms with van der Waals surface area (Å²) in [5.74, 6) is -1.60. The van der Waals surface area contributed by atoms with Gasteiger partial charge < -0.3 is 9.84 Å². The first-order chi connectivity index (χ1) is 11.6. The second-order valence-corrected chi connectivity index (χ2v) is 6.70. The molecule has 0 atom stereocenters. The number of aliphatic hydroxyl groups is 1. The third kappa shape index (κ3) is 4.33. The smallest absolute Gasteiger partial charge is 0.344 e. The summed E-state index contributed by atoms with van der Waals surface area (Å²) in [4.78, 5) is 32.2. The number of carbonyl (C=O) groups is 2. The van der Waals surface area contributed by atoms with Gasteiger partial charge in [-0.1, -0.05) is 24.3 Å². The van der Waals surface area contributed by atoms with Gasteiger partial charge in [-0.15, -0.1) is 11.6 Å². The van der Waals surface area contributed by atoms with Crippen molar-refractivity contribution < 1.29 is 19.4 Å². The first kappa shape index (κ1) is 18.9. The Bertz CT molecular complexity index is 813. The summed E-state index contributed by atoms with van der Waals surface area (Å²) in [7, 11) is 0. The van der Waals surface area contributed by atoms with E-state index in [1.54, 1.807) is 45.0 Å². The number of esters is 1. The summed E-state index contributed by atoms with van der Waals surface area (Å²) in [6.07, 6.45) is 0. The lowest BCUT2D eigenvalue weighted by Crippen LogP contribution is -2.28. The molecule has 1 amide bonds. The molecule has 0 saturated carbocycles. The van der Waals surface area contributed by atoms with Gasteiger partial charge in [0.05, 0.1) is 5.71 Å². The van der Waals surface area contributed by atoms with Crippen molar-refractivity contribution >= 4 is 35.0 Å².